The van der Waals surface area contributed by atoms with Crippen LogP contribution in [0, 0.1) is 0 Å². The molecule has 2 nitrogen and oxygen atoms in total. The van der Waals surface area contributed by atoms with Crippen LogP contribution in [0.2, 0.25) is 0 Å². The van der Waals surface area contributed by atoms with Crippen molar-refractivity contribution in [3.63, 3.8) is 0 Å². The molecule has 1 aliphatic heterocycles. The predicted molar refractivity (Wildman–Crippen MR) is 222 cm³/mol. The Bertz CT molecular complexity index is 2240. The van der Waals surface area contributed by atoms with Crippen LogP contribution in [0.1, 0.15) is 61.1 Å². The lowest BCUT2D eigenvalue weighted by molar-refractivity contribution is 0.911. The van der Waals surface area contributed by atoms with E-state index in [2.05, 4.69) is 175 Å². The van der Waals surface area contributed by atoms with Gasteiger partial charge in [0.1, 0.15) is 0 Å². The van der Waals surface area contributed by atoms with E-state index in [9.17, 15) is 0 Å². The fourth-order valence-electron chi connectivity index (χ4n) is 6.69. The Morgan fingerprint density at radius 2 is 1.30 bits per heavy atom. The maximum atomic E-state index is 4.64. The summed E-state index contributed by atoms with van der Waals surface area (Å²) in [5.41, 5.74) is 12.0. The molecule has 0 saturated carbocycles. The average Bonchev–Trinajstić information content (AvgIpc) is 3.54. The number of thiophene rings is 1. The Morgan fingerprint density at radius 3 is 2.10 bits per heavy atom. The summed E-state index contributed by atoms with van der Waals surface area (Å²) in [4.78, 5) is 4.68. The van der Waals surface area contributed by atoms with Gasteiger partial charge in [-0.2, -0.15) is 0 Å². The van der Waals surface area contributed by atoms with Gasteiger partial charge in [0.15, 0.2) is 0 Å². The van der Waals surface area contributed by atoms with Crippen LogP contribution >= 0.6 is 11.3 Å². The molecule has 2 heterocycles. The SMILES string of the molecule is C=C1c2ccccc2/C=C\N(c2ccc(CN(C)c3ccccc3Cc3ccccc3)cc2)c2cc3sc4ccccc4c3cc21.CC.CC. The van der Waals surface area contributed by atoms with Crippen LogP contribution < -0.4 is 9.80 Å². The van der Waals surface area contributed by atoms with Crippen molar-refractivity contribution in [2.24, 2.45) is 0 Å². The second-order valence-corrected chi connectivity index (χ2v) is 13.1. The Morgan fingerprint density at radius 1 is 0.620 bits per heavy atom. The molecule has 3 heteroatoms. The highest BCUT2D eigenvalue weighted by atomic mass is 32.1. The Labute approximate surface area is 302 Å². The van der Waals surface area contributed by atoms with E-state index < -0.39 is 0 Å². The van der Waals surface area contributed by atoms with Gasteiger partial charge in [-0.15, -0.1) is 11.3 Å². The van der Waals surface area contributed by atoms with Crippen molar-refractivity contribution < 1.29 is 0 Å². The van der Waals surface area contributed by atoms with E-state index in [-0.39, 0.29) is 0 Å². The molecule has 0 saturated heterocycles. The highest BCUT2D eigenvalue weighted by molar-refractivity contribution is 7.25. The molecule has 0 fully saturated rings. The molecule has 8 rings (SSSR count). The zero-order valence-electron chi connectivity index (χ0n) is 29.9. The van der Waals surface area contributed by atoms with Crippen LogP contribution in [-0.4, -0.2) is 7.05 Å². The fraction of sp³-hybridized carbons (Fsp3) is 0.149. The van der Waals surface area contributed by atoms with Crippen molar-refractivity contribution in [2.45, 2.75) is 40.7 Å². The van der Waals surface area contributed by atoms with Crippen LogP contribution in [-0.2, 0) is 13.0 Å². The number of benzene rings is 6. The number of hydrogen-bond donors (Lipinski definition) is 0. The van der Waals surface area contributed by atoms with Crippen LogP contribution in [0.4, 0.5) is 17.1 Å². The van der Waals surface area contributed by atoms with Gasteiger partial charge in [0.2, 0.25) is 0 Å². The highest BCUT2D eigenvalue weighted by Crippen LogP contribution is 2.44. The summed E-state index contributed by atoms with van der Waals surface area (Å²) >= 11 is 1.85. The Kier molecular flexibility index (Phi) is 11.0. The van der Waals surface area contributed by atoms with Gasteiger partial charge < -0.3 is 9.80 Å². The van der Waals surface area contributed by atoms with Gasteiger partial charge in [-0.25, -0.2) is 0 Å². The van der Waals surface area contributed by atoms with Gasteiger partial charge in [0, 0.05) is 56.9 Å². The molecule has 0 atom stereocenters. The van der Waals surface area contributed by atoms with Crippen molar-refractivity contribution in [1.29, 1.82) is 0 Å². The van der Waals surface area contributed by atoms with E-state index in [4.69, 9.17) is 0 Å². The summed E-state index contributed by atoms with van der Waals surface area (Å²) in [7, 11) is 2.19. The molecule has 1 aromatic heterocycles. The van der Waals surface area contributed by atoms with Gasteiger partial charge in [-0.3, -0.25) is 0 Å². The minimum absolute atomic E-state index is 0.825. The molecule has 0 aliphatic carbocycles. The molecule has 0 N–H and O–H groups in total. The first-order chi connectivity index (χ1) is 24.6. The lowest BCUT2D eigenvalue weighted by Gasteiger charge is -2.28. The third-order valence-electron chi connectivity index (χ3n) is 9.04. The van der Waals surface area contributed by atoms with E-state index in [1.54, 1.807) is 0 Å². The summed E-state index contributed by atoms with van der Waals surface area (Å²) in [5, 5.41) is 2.59. The molecule has 0 radical (unpaired) electrons. The fourth-order valence-corrected chi connectivity index (χ4v) is 7.81. The molecular weight excluding hydrogens is 625 g/mol. The number of anilines is 3. The normalized spacial score (nSPS) is 12.4. The molecule has 50 heavy (non-hydrogen) atoms. The lowest BCUT2D eigenvalue weighted by Crippen LogP contribution is -2.18. The molecule has 0 unspecified atom stereocenters. The zero-order valence-corrected chi connectivity index (χ0v) is 30.7. The third-order valence-corrected chi connectivity index (χ3v) is 10.2. The van der Waals surface area contributed by atoms with E-state index >= 15 is 0 Å². The molecule has 0 spiro atoms. The quantitative estimate of drug-likeness (QED) is 0.174. The molecule has 0 bridgehead atoms. The second-order valence-electron chi connectivity index (χ2n) is 12.0. The monoisotopic (exact) mass is 670 g/mol. The van der Waals surface area contributed by atoms with Crippen LogP contribution in [0.15, 0.2) is 152 Å². The minimum Gasteiger partial charge on any atom is -0.370 e. The van der Waals surface area contributed by atoms with Crippen LogP contribution in [0.25, 0.3) is 31.8 Å². The zero-order chi connectivity index (χ0) is 35.0. The second kappa shape index (κ2) is 15.9. The summed E-state index contributed by atoms with van der Waals surface area (Å²) in [5.74, 6) is 0. The first-order valence-electron chi connectivity index (χ1n) is 17.8. The number of fused-ring (bicyclic) bond motifs is 5. The van der Waals surface area contributed by atoms with E-state index in [1.165, 1.54) is 53.7 Å². The third kappa shape index (κ3) is 7.01. The maximum Gasteiger partial charge on any atom is 0.0548 e. The Balaban J connectivity index is 0.00000104. The van der Waals surface area contributed by atoms with Gasteiger partial charge in [-0.05, 0) is 82.3 Å². The standard InChI is InChI=1S/C43H34N2S.2C2H6/c1-30-36-16-8-6-14-33(36)24-25-45(41-28-43-39(27-38(30)41)37-17-9-11-19-42(37)46-43)35-22-20-32(21-23-35)29-44(2)40-18-10-7-15-34(40)26-31-12-4-3-5-13-31;2*1-2/h3-25,27-28H,1,26,29H2,2H3;2*1-2H3/b25-24-;;. The molecular formula is C47H46N2S. The lowest BCUT2D eigenvalue weighted by atomic mass is 9.91. The van der Waals surface area contributed by atoms with Gasteiger partial charge in [-0.1, -0.05) is 137 Å². The van der Waals surface area contributed by atoms with Crippen molar-refractivity contribution in [3.8, 4) is 0 Å². The van der Waals surface area contributed by atoms with E-state index in [0.29, 0.717) is 0 Å². The maximum absolute atomic E-state index is 4.64. The highest BCUT2D eigenvalue weighted by Gasteiger charge is 2.21. The van der Waals surface area contributed by atoms with E-state index in [0.717, 1.165) is 35.5 Å². The number of para-hydroxylation sites is 1. The summed E-state index contributed by atoms with van der Waals surface area (Å²) in [6, 6.07) is 50.4. The average molecular weight is 671 g/mol. The van der Waals surface area contributed by atoms with Crippen molar-refractivity contribution in [2.75, 3.05) is 16.8 Å². The summed E-state index contributed by atoms with van der Waals surface area (Å²) in [6.07, 6.45) is 5.34. The summed E-state index contributed by atoms with van der Waals surface area (Å²) in [6.45, 7) is 13.5. The Hall–Kier alpha value is -5.38. The van der Waals surface area contributed by atoms with Crippen LogP contribution in [0.3, 0.4) is 0 Å². The largest absolute Gasteiger partial charge is 0.370 e. The van der Waals surface area contributed by atoms with Crippen molar-refractivity contribution in [3.05, 3.63) is 186 Å². The van der Waals surface area contributed by atoms with Crippen molar-refractivity contribution in [1.82, 2.24) is 0 Å². The predicted octanol–water partition coefficient (Wildman–Crippen LogP) is 13.5. The minimum atomic E-state index is 0.825. The number of rotatable bonds is 6. The van der Waals surface area contributed by atoms with Gasteiger partial charge in [0.25, 0.3) is 0 Å². The van der Waals surface area contributed by atoms with Gasteiger partial charge in [0.05, 0.1) is 5.69 Å². The molecule has 250 valence electrons. The van der Waals surface area contributed by atoms with Gasteiger partial charge >= 0.3 is 0 Å². The molecule has 7 aromatic rings. The van der Waals surface area contributed by atoms with E-state index in [1.807, 2.05) is 39.0 Å². The smallest absolute Gasteiger partial charge is 0.0548 e. The number of hydrogen-bond acceptors (Lipinski definition) is 3. The first-order valence-corrected chi connectivity index (χ1v) is 18.6. The van der Waals surface area contributed by atoms with Crippen LogP contribution in [0.5, 0.6) is 0 Å². The topological polar surface area (TPSA) is 6.48 Å². The molecule has 6 aromatic carbocycles. The first kappa shape index (κ1) is 34.5. The van der Waals surface area contributed by atoms with Crippen molar-refractivity contribution >= 4 is 60.2 Å². The summed E-state index contributed by atoms with van der Waals surface area (Å²) < 4.78 is 2.59. The molecule has 1 aliphatic rings. The molecule has 0 amide bonds. The number of nitrogens with zero attached hydrogens (tertiary/aromatic N) is 2.